The Bertz CT molecular complexity index is 765. The zero-order chi connectivity index (χ0) is 20.6. The maximum Gasteiger partial charge on any atom is 0.244 e. The Hall–Kier alpha value is -2.61. The van der Waals surface area contributed by atoms with Crippen LogP contribution >= 0.6 is 0 Å². The number of carbonyl (C=O) groups is 1. The Labute approximate surface area is 178 Å². The van der Waals surface area contributed by atoms with Gasteiger partial charge in [-0.2, -0.15) is 0 Å². The van der Waals surface area contributed by atoms with E-state index in [2.05, 4.69) is 44.4 Å². The van der Waals surface area contributed by atoms with Gasteiger partial charge in [-0.05, 0) is 56.6 Å². The first-order valence-corrected chi connectivity index (χ1v) is 11.1. The van der Waals surface area contributed by atoms with E-state index in [-0.39, 0.29) is 12.5 Å². The fourth-order valence-corrected chi connectivity index (χ4v) is 4.18. The van der Waals surface area contributed by atoms with Gasteiger partial charge >= 0.3 is 0 Å². The molecule has 0 atom stereocenters. The van der Waals surface area contributed by atoms with Crippen molar-refractivity contribution in [3.63, 3.8) is 0 Å². The molecule has 2 aliphatic rings. The van der Waals surface area contributed by atoms with Crippen molar-refractivity contribution in [3.05, 3.63) is 36.7 Å². The van der Waals surface area contributed by atoms with Crippen molar-refractivity contribution in [1.29, 1.82) is 0 Å². The first-order chi connectivity index (χ1) is 14.8. The van der Waals surface area contributed by atoms with Crippen LogP contribution in [0.5, 0.6) is 5.75 Å². The summed E-state index contributed by atoms with van der Waals surface area (Å²) in [6, 6.07) is 8.34. The number of hydrogen-bond donors (Lipinski definition) is 0. The molecule has 0 unspecified atom stereocenters. The van der Waals surface area contributed by atoms with Gasteiger partial charge in [-0.3, -0.25) is 4.79 Å². The third kappa shape index (κ3) is 5.72. The highest BCUT2D eigenvalue weighted by atomic mass is 16.5. The van der Waals surface area contributed by atoms with Crippen molar-refractivity contribution in [1.82, 2.24) is 24.8 Å². The summed E-state index contributed by atoms with van der Waals surface area (Å²) in [7, 11) is 0. The first kappa shape index (κ1) is 20.7. The third-order valence-corrected chi connectivity index (χ3v) is 5.94. The fourth-order valence-electron chi connectivity index (χ4n) is 4.18. The predicted molar refractivity (Wildman–Crippen MR) is 116 cm³/mol. The number of benzene rings is 1. The average molecular weight is 413 g/mol. The summed E-state index contributed by atoms with van der Waals surface area (Å²) in [4.78, 5) is 19.1. The fraction of sp³-hybridized carbons (Fsp3) is 0.591. The molecule has 0 bridgehead atoms. The van der Waals surface area contributed by atoms with E-state index in [1.807, 2.05) is 4.90 Å². The topological polar surface area (TPSA) is 66.7 Å². The van der Waals surface area contributed by atoms with Crippen LogP contribution in [0.1, 0.15) is 25.7 Å². The molecule has 1 amide bonds. The molecule has 0 aliphatic carbocycles. The van der Waals surface area contributed by atoms with Crippen molar-refractivity contribution in [2.24, 2.45) is 0 Å². The quantitative estimate of drug-likeness (QED) is 0.617. The Morgan fingerprint density at radius 3 is 2.43 bits per heavy atom. The lowest BCUT2D eigenvalue weighted by Gasteiger charge is -2.36. The van der Waals surface area contributed by atoms with E-state index < -0.39 is 0 Å². The van der Waals surface area contributed by atoms with Crippen molar-refractivity contribution < 1.29 is 9.53 Å². The molecule has 2 fully saturated rings. The largest absolute Gasteiger partial charge is 0.494 e. The number of amides is 1. The van der Waals surface area contributed by atoms with Gasteiger partial charge in [0.25, 0.3) is 0 Å². The van der Waals surface area contributed by atoms with Crippen LogP contribution in [0.25, 0.3) is 0 Å². The van der Waals surface area contributed by atoms with Gasteiger partial charge in [-0.1, -0.05) is 11.6 Å². The Morgan fingerprint density at radius 1 is 0.967 bits per heavy atom. The second-order valence-corrected chi connectivity index (χ2v) is 8.07. The van der Waals surface area contributed by atoms with Crippen molar-refractivity contribution >= 4 is 11.6 Å². The summed E-state index contributed by atoms with van der Waals surface area (Å²) in [6.45, 7) is 7.76. The molecule has 0 radical (unpaired) electrons. The molecule has 2 saturated heterocycles. The second-order valence-electron chi connectivity index (χ2n) is 8.07. The maximum atomic E-state index is 12.4. The summed E-state index contributed by atoms with van der Waals surface area (Å²) in [5.41, 5.74) is 1.18. The third-order valence-electron chi connectivity index (χ3n) is 5.94. The Kier molecular flexibility index (Phi) is 7.18. The van der Waals surface area contributed by atoms with Gasteiger partial charge in [0.2, 0.25) is 5.91 Å². The summed E-state index contributed by atoms with van der Waals surface area (Å²) in [5, 5.41) is 7.61. The molecule has 2 aliphatic heterocycles. The number of likely N-dealkylation sites (tertiary alicyclic amines) is 1. The number of hydrogen-bond acceptors (Lipinski definition) is 6. The zero-order valence-corrected chi connectivity index (χ0v) is 17.7. The highest BCUT2D eigenvalue weighted by Gasteiger charge is 2.21. The Morgan fingerprint density at radius 2 is 1.73 bits per heavy atom. The van der Waals surface area contributed by atoms with Crippen molar-refractivity contribution in [2.45, 2.75) is 32.2 Å². The molecule has 0 saturated carbocycles. The number of nitrogens with zero attached hydrogens (tertiary/aromatic N) is 6. The lowest BCUT2D eigenvalue weighted by atomic mass is 10.1. The number of piperazine rings is 1. The molecule has 0 spiro atoms. The minimum Gasteiger partial charge on any atom is -0.494 e. The van der Waals surface area contributed by atoms with E-state index in [9.17, 15) is 4.79 Å². The molecule has 162 valence electrons. The van der Waals surface area contributed by atoms with E-state index in [0.717, 1.165) is 51.5 Å². The lowest BCUT2D eigenvalue weighted by molar-refractivity contribution is -0.132. The molecule has 30 heavy (non-hydrogen) atoms. The minimum atomic E-state index is 0.0912. The van der Waals surface area contributed by atoms with Gasteiger partial charge < -0.3 is 19.4 Å². The number of carbonyl (C=O) groups excluding carboxylic acids is 1. The molecule has 4 rings (SSSR count). The van der Waals surface area contributed by atoms with Crippen LogP contribution < -0.4 is 9.64 Å². The van der Waals surface area contributed by atoms with E-state index in [0.29, 0.717) is 0 Å². The van der Waals surface area contributed by atoms with Crippen molar-refractivity contribution in [3.8, 4) is 5.75 Å². The van der Waals surface area contributed by atoms with Crippen LogP contribution in [0.4, 0.5) is 5.69 Å². The van der Waals surface area contributed by atoms with Crippen LogP contribution in [-0.2, 0) is 11.3 Å². The number of ether oxygens (including phenoxy) is 1. The molecule has 1 aromatic carbocycles. The summed E-state index contributed by atoms with van der Waals surface area (Å²) in [5.74, 6) is 1.02. The van der Waals surface area contributed by atoms with Gasteiger partial charge in [0, 0.05) is 44.6 Å². The molecule has 2 aromatic rings. The second kappa shape index (κ2) is 10.4. The van der Waals surface area contributed by atoms with Crippen LogP contribution in [0, 0.1) is 0 Å². The Balaban J connectivity index is 1.17. The van der Waals surface area contributed by atoms with E-state index in [1.54, 1.807) is 17.1 Å². The summed E-state index contributed by atoms with van der Waals surface area (Å²) >= 11 is 0. The van der Waals surface area contributed by atoms with Crippen LogP contribution in [0.15, 0.2) is 36.7 Å². The highest BCUT2D eigenvalue weighted by Crippen LogP contribution is 2.21. The van der Waals surface area contributed by atoms with Gasteiger partial charge in [-0.25, -0.2) is 4.68 Å². The van der Waals surface area contributed by atoms with E-state index >= 15 is 0 Å². The SMILES string of the molecule is O=C(Cn1ccnn1)N1CCN(c2ccc(OCCCN3CCCCC3)cc2)CC1. The predicted octanol–water partition coefficient (Wildman–Crippen LogP) is 1.88. The van der Waals surface area contributed by atoms with E-state index in [1.165, 1.54) is 38.0 Å². The van der Waals surface area contributed by atoms with Crippen LogP contribution in [-0.4, -0.2) is 83.1 Å². The number of rotatable bonds is 8. The van der Waals surface area contributed by atoms with Crippen LogP contribution in [0.2, 0.25) is 0 Å². The zero-order valence-electron chi connectivity index (χ0n) is 17.7. The smallest absolute Gasteiger partial charge is 0.244 e. The average Bonchev–Trinajstić information content (AvgIpc) is 3.31. The van der Waals surface area contributed by atoms with Gasteiger partial charge in [0.1, 0.15) is 12.3 Å². The molecule has 0 N–H and O–H groups in total. The maximum absolute atomic E-state index is 12.4. The number of piperidine rings is 1. The van der Waals surface area contributed by atoms with Crippen LogP contribution in [0.3, 0.4) is 0 Å². The standard InChI is InChI=1S/C22H32N6O2/c29-22(19-28-13-9-23-24-28)27-16-14-26(15-17-27)20-5-7-21(8-6-20)30-18-4-12-25-10-2-1-3-11-25/h5-9,13H,1-4,10-12,14-19H2. The molecular formula is C22H32N6O2. The normalized spacial score (nSPS) is 17.9. The molecule has 8 heteroatoms. The number of anilines is 1. The number of aromatic nitrogens is 3. The summed E-state index contributed by atoms with van der Waals surface area (Å²) in [6.07, 6.45) is 8.44. The van der Waals surface area contributed by atoms with E-state index in [4.69, 9.17) is 4.74 Å². The molecule has 1 aromatic heterocycles. The van der Waals surface area contributed by atoms with Crippen molar-refractivity contribution in [2.75, 3.05) is 57.3 Å². The first-order valence-electron chi connectivity index (χ1n) is 11.1. The van der Waals surface area contributed by atoms with Gasteiger partial charge in [-0.15, -0.1) is 5.10 Å². The van der Waals surface area contributed by atoms with Gasteiger partial charge in [0.15, 0.2) is 0 Å². The molecular weight excluding hydrogens is 380 g/mol. The minimum absolute atomic E-state index is 0.0912. The summed E-state index contributed by atoms with van der Waals surface area (Å²) < 4.78 is 7.50. The molecule has 3 heterocycles. The molecule has 8 nitrogen and oxygen atoms in total. The lowest BCUT2D eigenvalue weighted by Crippen LogP contribution is -2.49. The monoisotopic (exact) mass is 412 g/mol. The highest BCUT2D eigenvalue weighted by molar-refractivity contribution is 5.76. The van der Waals surface area contributed by atoms with Gasteiger partial charge in [0.05, 0.1) is 12.8 Å².